The molecule has 0 bridgehead atoms. The van der Waals surface area contributed by atoms with Crippen LogP contribution in [0.2, 0.25) is 0 Å². The third-order valence-electron chi connectivity index (χ3n) is 6.95. The molecule has 1 aliphatic heterocycles. The zero-order chi connectivity index (χ0) is 24.4. The molecular formula is C28H31N3O4. The summed E-state index contributed by atoms with van der Waals surface area (Å²) in [4.78, 5) is 15.8. The summed E-state index contributed by atoms with van der Waals surface area (Å²) in [6, 6.07) is 11.9. The normalized spacial score (nSPS) is 16.6. The van der Waals surface area contributed by atoms with E-state index in [4.69, 9.17) is 9.15 Å². The van der Waals surface area contributed by atoms with Gasteiger partial charge in [0.2, 0.25) is 11.2 Å². The fourth-order valence-corrected chi connectivity index (χ4v) is 5.00. The molecule has 7 nitrogen and oxygen atoms in total. The summed E-state index contributed by atoms with van der Waals surface area (Å²) in [7, 11) is 0. The fourth-order valence-electron chi connectivity index (χ4n) is 5.00. The Morgan fingerprint density at radius 3 is 2.80 bits per heavy atom. The smallest absolute Gasteiger partial charge is 0.235 e. The second kappa shape index (κ2) is 9.96. The molecular weight excluding hydrogens is 442 g/mol. The van der Waals surface area contributed by atoms with Gasteiger partial charge in [-0.1, -0.05) is 38.5 Å². The van der Waals surface area contributed by atoms with E-state index in [1.165, 1.54) is 12.7 Å². The molecule has 1 saturated heterocycles. The lowest BCUT2D eigenvalue weighted by molar-refractivity contribution is 0.135. The zero-order valence-corrected chi connectivity index (χ0v) is 20.2. The van der Waals surface area contributed by atoms with E-state index in [9.17, 15) is 9.90 Å². The molecule has 7 heteroatoms. The molecule has 5 rings (SSSR count). The number of benzene rings is 2. The van der Waals surface area contributed by atoms with Gasteiger partial charge in [-0.05, 0) is 56.0 Å². The minimum absolute atomic E-state index is 0.0909. The number of fused-ring (bicyclic) bond motifs is 1. The van der Waals surface area contributed by atoms with Crippen molar-refractivity contribution in [3.8, 4) is 22.9 Å². The number of piperidine rings is 1. The van der Waals surface area contributed by atoms with Crippen molar-refractivity contribution >= 4 is 11.0 Å². The lowest BCUT2D eigenvalue weighted by Gasteiger charge is -2.35. The van der Waals surface area contributed by atoms with Crippen LogP contribution >= 0.6 is 0 Å². The van der Waals surface area contributed by atoms with E-state index in [0.29, 0.717) is 41.3 Å². The van der Waals surface area contributed by atoms with Gasteiger partial charge in [0.15, 0.2) is 5.75 Å². The summed E-state index contributed by atoms with van der Waals surface area (Å²) < 4.78 is 13.5. The van der Waals surface area contributed by atoms with Gasteiger partial charge >= 0.3 is 0 Å². The van der Waals surface area contributed by atoms with E-state index in [2.05, 4.69) is 16.9 Å². The van der Waals surface area contributed by atoms with Crippen LogP contribution in [0.5, 0.6) is 17.2 Å². The number of phenolic OH excluding ortho intramolecular Hbond substituents is 1. The number of hydrogen-bond donors (Lipinski definition) is 1. The molecule has 1 atom stereocenters. The predicted molar refractivity (Wildman–Crippen MR) is 136 cm³/mol. The number of para-hydroxylation sites is 1. The highest BCUT2D eigenvalue weighted by Gasteiger charge is 2.25. The predicted octanol–water partition coefficient (Wildman–Crippen LogP) is 5.80. The Morgan fingerprint density at radius 2 is 2.03 bits per heavy atom. The molecule has 3 heterocycles. The maximum Gasteiger partial charge on any atom is 0.235 e. The second-order valence-electron chi connectivity index (χ2n) is 9.11. The third kappa shape index (κ3) is 4.56. The van der Waals surface area contributed by atoms with Gasteiger partial charge in [-0.15, -0.1) is 0 Å². The van der Waals surface area contributed by atoms with Crippen LogP contribution < -0.4 is 10.2 Å². The first kappa shape index (κ1) is 23.2. The van der Waals surface area contributed by atoms with Crippen LogP contribution in [0, 0.1) is 0 Å². The van der Waals surface area contributed by atoms with Crippen LogP contribution in [0.4, 0.5) is 0 Å². The minimum atomic E-state index is -0.264. The van der Waals surface area contributed by atoms with Gasteiger partial charge in [-0.25, -0.2) is 4.68 Å². The van der Waals surface area contributed by atoms with Gasteiger partial charge in [-0.2, -0.15) is 5.10 Å². The van der Waals surface area contributed by atoms with Crippen molar-refractivity contribution < 1.29 is 14.3 Å². The van der Waals surface area contributed by atoms with Crippen LogP contribution in [-0.4, -0.2) is 32.4 Å². The molecule has 4 aromatic rings. The van der Waals surface area contributed by atoms with Gasteiger partial charge in [0.1, 0.15) is 17.6 Å². The summed E-state index contributed by atoms with van der Waals surface area (Å²) in [5.41, 5.74) is 2.47. The molecule has 35 heavy (non-hydrogen) atoms. The van der Waals surface area contributed by atoms with Crippen molar-refractivity contribution in [2.45, 2.75) is 58.5 Å². The molecule has 2 aromatic heterocycles. The molecule has 0 aliphatic carbocycles. The van der Waals surface area contributed by atoms with Crippen molar-refractivity contribution in [3.05, 3.63) is 76.4 Å². The van der Waals surface area contributed by atoms with Gasteiger partial charge < -0.3 is 14.3 Å². The van der Waals surface area contributed by atoms with Gasteiger partial charge in [0, 0.05) is 12.6 Å². The van der Waals surface area contributed by atoms with Crippen molar-refractivity contribution in [1.29, 1.82) is 0 Å². The van der Waals surface area contributed by atoms with E-state index < -0.39 is 0 Å². The first-order valence-electron chi connectivity index (χ1n) is 12.4. The van der Waals surface area contributed by atoms with E-state index in [-0.39, 0.29) is 16.9 Å². The number of rotatable bonds is 7. The summed E-state index contributed by atoms with van der Waals surface area (Å²) in [5, 5.41) is 15.8. The Hall–Kier alpha value is -3.58. The number of ether oxygens (including phenoxy) is 1. The van der Waals surface area contributed by atoms with Crippen LogP contribution in [0.3, 0.4) is 0 Å². The van der Waals surface area contributed by atoms with E-state index in [1.54, 1.807) is 23.1 Å². The Labute approximate surface area is 204 Å². The molecule has 1 N–H and O–H groups in total. The monoisotopic (exact) mass is 473 g/mol. The van der Waals surface area contributed by atoms with Crippen LogP contribution in [0.15, 0.2) is 64.3 Å². The number of likely N-dealkylation sites (tertiary alicyclic amines) is 1. The summed E-state index contributed by atoms with van der Waals surface area (Å²) in [6.07, 6.45) is 9.82. The SMILES string of the molecule is CCc1cc2c(=O)c(Oc3cnn(-c4ccccc4)c3)coc2c(CN2CCCCC2CC)c1O. The quantitative estimate of drug-likeness (QED) is 0.365. The number of phenols is 1. The van der Waals surface area contributed by atoms with E-state index >= 15 is 0 Å². The first-order chi connectivity index (χ1) is 17.1. The van der Waals surface area contributed by atoms with Gasteiger partial charge in [-0.3, -0.25) is 9.69 Å². The molecule has 1 aliphatic rings. The standard InChI is InChI=1S/C28H31N3O4/c1-3-19-14-23-27(33)25(35-22-15-29-31(16-22)21-11-6-5-7-12-21)18-34-28(23)24(26(19)32)17-30-13-9-8-10-20(30)4-2/h5-7,11-12,14-16,18,20,32H,3-4,8-10,13,17H2,1-2H3. The summed E-state index contributed by atoms with van der Waals surface area (Å²) in [5.74, 6) is 0.754. The highest BCUT2D eigenvalue weighted by atomic mass is 16.5. The average Bonchev–Trinajstić information content (AvgIpc) is 3.36. The molecule has 182 valence electrons. The third-order valence-corrected chi connectivity index (χ3v) is 6.95. The maximum absolute atomic E-state index is 13.4. The van der Waals surface area contributed by atoms with Crippen LogP contribution in [0.1, 0.15) is 50.7 Å². The molecule has 0 amide bonds. The highest BCUT2D eigenvalue weighted by Crippen LogP contribution is 2.35. The van der Waals surface area contributed by atoms with Crippen molar-refractivity contribution in [2.24, 2.45) is 0 Å². The molecule has 0 radical (unpaired) electrons. The minimum Gasteiger partial charge on any atom is -0.507 e. The van der Waals surface area contributed by atoms with Gasteiger partial charge in [0.25, 0.3) is 0 Å². The van der Waals surface area contributed by atoms with Crippen LogP contribution in [0.25, 0.3) is 16.7 Å². The number of aryl methyl sites for hydroxylation is 1. The Kier molecular flexibility index (Phi) is 6.59. The number of nitrogens with zero attached hydrogens (tertiary/aromatic N) is 3. The average molecular weight is 474 g/mol. The molecule has 0 saturated carbocycles. The molecule has 2 aromatic carbocycles. The first-order valence-corrected chi connectivity index (χ1v) is 12.4. The summed E-state index contributed by atoms with van der Waals surface area (Å²) >= 11 is 0. The summed E-state index contributed by atoms with van der Waals surface area (Å²) in [6.45, 7) is 5.71. The lowest BCUT2D eigenvalue weighted by atomic mass is 9.97. The molecule has 1 unspecified atom stereocenters. The van der Waals surface area contributed by atoms with Gasteiger partial charge in [0.05, 0.1) is 29.0 Å². The number of hydrogen-bond acceptors (Lipinski definition) is 6. The Bertz CT molecular complexity index is 1380. The second-order valence-corrected chi connectivity index (χ2v) is 9.11. The number of aromatic hydroxyl groups is 1. The topological polar surface area (TPSA) is 80.7 Å². The number of aromatic nitrogens is 2. The highest BCUT2D eigenvalue weighted by molar-refractivity contribution is 5.84. The Balaban J connectivity index is 1.50. The van der Waals surface area contributed by atoms with E-state index in [1.807, 2.05) is 37.3 Å². The van der Waals surface area contributed by atoms with Crippen molar-refractivity contribution in [3.63, 3.8) is 0 Å². The van der Waals surface area contributed by atoms with E-state index in [0.717, 1.165) is 37.1 Å². The molecule has 1 fully saturated rings. The molecule has 0 spiro atoms. The lowest BCUT2D eigenvalue weighted by Crippen LogP contribution is -2.38. The maximum atomic E-state index is 13.4. The van der Waals surface area contributed by atoms with Crippen molar-refractivity contribution in [1.82, 2.24) is 14.7 Å². The fraction of sp³-hybridized carbons (Fsp3) is 0.357. The largest absolute Gasteiger partial charge is 0.507 e. The van der Waals surface area contributed by atoms with Crippen LogP contribution in [-0.2, 0) is 13.0 Å². The Morgan fingerprint density at radius 1 is 1.20 bits per heavy atom. The van der Waals surface area contributed by atoms with Crippen molar-refractivity contribution in [2.75, 3.05) is 6.54 Å². The zero-order valence-electron chi connectivity index (χ0n) is 20.2.